The summed E-state index contributed by atoms with van der Waals surface area (Å²) in [5.74, 6) is -0.0380. The summed E-state index contributed by atoms with van der Waals surface area (Å²) in [5, 5.41) is 0. The van der Waals surface area contributed by atoms with Crippen LogP contribution in [-0.4, -0.2) is 44.3 Å². The van der Waals surface area contributed by atoms with Crippen molar-refractivity contribution in [1.82, 2.24) is 4.90 Å². The largest absolute Gasteiger partial charge is 0.399 e. The first-order chi connectivity index (χ1) is 12.1. The number of nitrogens with zero attached hydrogens (tertiary/aromatic N) is 1. The van der Waals surface area contributed by atoms with E-state index in [4.69, 9.17) is 15.2 Å². The monoisotopic (exact) mass is 342 g/mol. The van der Waals surface area contributed by atoms with E-state index in [0.29, 0.717) is 44.2 Å². The second-order valence-corrected chi connectivity index (χ2v) is 5.89. The summed E-state index contributed by atoms with van der Waals surface area (Å²) >= 11 is 0. The van der Waals surface area contributed by atoms with Gasteiger partial charge in [0, 0.05) is 31.5 Å². The van der Waals surface area contributed by atoms with Gasteiger partial charge in [0.1, 0.15) is 0 Å². The zero-order chi connectivity index (χ0) is 18.1. The fraction of sp³-hybridized carbons (Fsp3) is 0.350. The number of rotatable bonds is 9. The minimum Gasteiger partial charge on any atom is -0.399 e. The molecule has 1 amide bonds. The van der Waals surface area contributed by atoms with Gasteiger partial charge in [-0.05, 0) is 30.2 Å². The van der Waals surface area contributed by atoms with Crippen LogP contribution in [0.2, 0.25) is 0 Å². The number of aryl methyl sites for hydroxylation is 1. The smallest absolute Gasteiger partial charge is 0.254 e. The maximum atomic E-state index is 13.0. The highest BCUT2D eigenvalue weighted by molar-refractivity contribution is 5.96. The number of hydrogen-bond donors (Lipinski definition) is 1. The average Bonchev–Trinajstić information content (AvgIpc) is 2.63. The summed E-state index contributed by atoms with van der Waals surface area (Å²) in [5.41, 5.74) is 9.08. The molecule has 0 saturated heterocycles. The van der Waals surface area contributed by atoms with Gasteiger partial charge in [0.05, 0.1) is 19.8 Å². The lowest BCUT2D eigenvalue weighted by molar-refractivity contribution is 0.0476. The average molecular weight is 342 g/mol. The van der Waals surface area contributed by atoms with Gasteiger partial charge >= 0.3 is 0 Å². The van der Waals surface area contributed by atoms with Crippen LogP contribution >= 0.6 is 0 Å². The normalized spacial score (nSPS) is 10.6. The Kier molecular flexibility index (Phi) is 7.44. The number of ether oxygens (including phenoxy) is 2. The molecule has 0 aliphatic heterocycles. The van der Waals surface area contributed by atoms with Crippen LogP contribution in [0.3, 0.4) is 0 Å². The molecule has 2 aromatic rings. The fourth-order valence-corrected chi connectivity index (χ4v) is 2.52. The van der Waals surface area contributed by atoms with E-state index in [-0.39, 0.29) is 5.91 Å². The van der Waals surface area contributed by atoms with Crippen molar-refractivity contribution >= 4 is 11.6 Å². The van der Waals surface area contributed by atoms with Crippen LogP contribution in [-0.2, 0) is 16.0 Å². The Morgan fingerprint density at radius 1 is 1.08 bits per heavy atom. The summed E-state index contributed by atoms with van der Waals surface area (Å²) in [6.07, 6.45) is 0. The Morgan fingerprint density at radius 3 is 2.56 bits per heavy atom. The van der Waals surface area contributed by atoms with Crippen LogP contribution in [0, 0.1) is 6.92 Å². The highest BCUT2D eigenvalue weighted by Gasteiger charge is 2.18. The van der Waals surface area contributed by atoms with Crippen LogP contribution in [0.1, 0.15) is 21.5 Å². The molecule has 0 unspecified atom stereocenters. The van der Waals surface area contributed by atoms with Gasteiger partial charge in [0.2, 0.25) is 0 Å². The van der Waals surface area contributed by atoms with Crippen molar-refractivity contribution in [3.63, 3.8) is 0 Å². The van der Waals surface area contributed by atoms with E-state index in [9.17, 15) is 4.79 Å². The minimum atomic E-state index is -0.0380. The fourth-order valence-electron chi connectivity index (χ4n) is 2.52. The van der Waals surface area contributed by atoms with Gasteiger partial charge in [-0.2, -0.15) is 0 Å². The first-order valence-corrected chi connectivity index (χ1v) is 8.38. The molecule has 0 aliphatic carbocycles. The number of benzene rings is 2. The van der Waals surface area contributed by atoms with Crippen LogP contribution in [0.4, 0.5) is 5.69 Å². The molecule has 5 heteroatoms. The SMILES string of the molecule is COCCOCCN(Cc1ccccc1)C(=O)c1cc(N)ccc1C. The van der Waals surface area contributed by atoms with Crippen LogP contribution < -0.4 is 5.73 Å². The van der Waals surface area contributed by atoms with Crippen molar-refractivity contribution in [2.75, 3.05) is 39.2 Å². The Bertz CT molecular complexity index is 674. The third kappa shape index (κ3) is 5.89. The quantitative estimate of drug-likeness (QED) is 0.562. The molecule has 25 heavy (non-hydrogen) atoms. The first-order valence-electron chi connectivity index (χ1n) is 8.38. The summed E-state index contributed by atoms with van der Waals surface area (Å²) < 4.78 is 10.5. The lowest BCUT2D eigenvalue weighted by Crippen LogP contribution is -2.34. The molecule has 0 aliphatic rings. The van der Waals surface area contributed by atoms with Crippen molar-refractivity contribution in [3.05, 3.63) is 65.2 Å². The number of nitrogen functional groups attached to an aromatic ring is 1. The van der Waals surface area contributed by atoms with E-state index in [1.54, 1.807) is 18.1 Å². The van der Waals surface area contributed by atoms with Crippen molar-refractivity contribution in [2.45, 2.75) is 13.5 Å². The molecule has 0 bridgehead atoms. The molecule has 2 rings (SSSR count). The van der Waals surface area contributed by atoms with E-state index in [2.05, 4.69) is 0 Å². The second kappa shape index (κ2) is 9.81. The molecular formula is C20H26N2O3. The van der Waals surface area contributed by atoms with Gasteiger partial charge in [-0.3, -0.25) is 4.79 Å². The zero-order valence-corrected chi connectivity index (χ0v) is 14.9. The molecule has 2 aromatic carbocycles. The van der Waals surface area contributed by atoms with Gasteiger partial charge in [-0.15, -0.1) is 0 Å². The Balaban J connectivity index is 2.11. The van der Waals surface area contributed by atoms with E-state index in [1.165, 1.54) is 0 Å². The number of carbonyl (C=O) groups excluding carboxylic acids is 1. The lowest BCUT2D eigenvalue weighted by Gasteiger charge is -2.24. The van der Waals surface area contributed by atoms with Gasteiger partial charge < -0.3 is 20.1 Å². The van der Waals surface area contributed by atoms with E-state index < -0.39 is 0 Å². The van der Waals surface area contributed by atoms with Crippen molar-refractivity contribution in [2.24, 2.45) is 0 Å². The molecule has 5 nitrogen and oxygen atoms in total. The molecule has 0 atom stereocenters. The highest BCUT2D eigenvalue weighted by Crippen LogP contribution is 2.17. The summed E-state index contributed by atoms with van der Waals surface area (Å²) in [7, 11) is 1.64. The predicted octanol–water partition coefficient (Wildman–Crippen LogP) is 2.88. The lowest BCUT2D eigenvalue weighted by atomic mass is 10.1. The van der Waals surface area contributed by atoms with E-state index >= 15 is 0 Å². The number of methoxy groups -OCH3 is 1. The van der Waals surface area contributed by atoms with Crippen molar-refractivity contribution in [3.8, 4) is 0 Å². The number of nitrogens with two attached hydrogens (primary N) is 1. The van der Waals surface area contributed by atoms with Crippen molar-refractivity contribution < 1.29 is 14.3 Å². The minimum absolute atomic E-state index is 0.0380. The standard InChI is InChI=1S/C20H26N2O3/c1-16-8-9-18(21)14-19(16)20(23)22(10-11-25-13-12-24-2)15-17-6-4-3-5-7-17/h3-9,14H,10-13,15,21H2,1-2H3. The number of anilines is 1. The summed E-state index contributed by atoms with van der Waals surface area (Å²) in [4.78, 5) is 14.8. The first kappa shape index (κ1) is 19.0. The Hall–Kier alpha value is -2.37. The van der Waals surface area contributed by atoms with Gasteiger partial charge in [-0.1, -0.05) is 36.4 Å². The molecule has 0 aromatic heterocycles. The molecule has 2 N–H and O–H groups in total. The maximum Gasteiger partial charge on any atom is 0.254 e. The Morgan fingerprint density at radius 2 is 1.84 bits per heavy atom. The van der Waals surface area contributed by atoms with Gasteiger partial charge in [0.15, 0.2) is 0 Å². The number of amides is 1. The molecule has 0 heterocycles. The third-order valence-electron chi connectivity index (χ3n) is 3.93. The number of hydrogen-bond acceptors (Lipinski definition) is 4. The molecule has 0 saturated carbocycles. The van der Waals surface area contributed by atoms with Gasteiger partial charge in [0.25, 0.3) is 5.91 Å². The molecular weight excluding hydrogens is 316 g/mol. The third-order valence-corrected chi connectivity index (χ3v) is 3.93. The summed E-state index contributed by atoms with van der Waals surface area (Å²) in [6, 6.07) is 15.3. The zero-order valence-electron chi connectivity index (χ0n) is 14.9. The molecule has 0 fully saturated rings. The summed E-state index contributed by atoms with van der Waals surface area (Å²) in [6.45, 7) is 4.47. The van der Waals surface area contributed by atoms with E-state index in [1.807, 2.05) is 49.4 Å². The molecule has 0 radical (unpaired) electrons. The van der Waals surface area contributed by atoms with Crippen molar-refractivity contribution in [1.29, 1.82) is 0 Å². The highest BCUT2D eigenvalue weighted by atomic mass is 16.5. The topological polar surface area (TPSA) is 64.8 Å². The maximum absolute atomic E-state index is 13.0. The Labute approximate surface area is 149 Å². The predicted molar refractivity (Wildman–Crippen MR) is 99.5 cm³/mol. The van der Waals surface area contributed by atoms with Crippen LogP contribution in [0.15, 0.2) is 48.5 Å². The molecule has 0 spiro atoms. The van der Waals surface area contributed by atoms with Crippen LogP contribution in [0.5, 0.6) is 0 Å². The molecule has 134 valence electrons. The second-order valence-electron chi connectivity index (χ2n) is 5.89. The van der Waals surface area contributed by atoms with E-state index in [0.717, 1.165) is 11.1 Å². The van der Waals surface area contributed by atoms with Crippen LogP contribution in [0.25, 0.3) is 0 Å². The van der Waals surface area contributed by atoms with Gasteiger partial charge in [-0.25, -0.2) is 0 Å². The number of carbonyl (C=O) groups is 1.